The van der Waals surface area contributed by atoms with Gasteiger partial charge in [-0.05, 0) is 25.0 Å². The lowest BCUT2D eigenvalue weighted by Gasteiger charge is -2.35. The molecule has 0 bridgehead atoms. The molecule has 2 aliphatic heterocycles. The summed E-state index contributed by atoms with van der Waals surface area (Å²) >= 11 is 0. The average molecular weight is 454 g/mol. The third kappa shape index (κ3) is 6.43. The van der Waals surface area contributed by atoms with Gasteiger partial charge in [-0.3, -0.25) is 14.6 Å². The maximum atomic E-state index is 12.9. The minimum Gasteiger partial charge on any atom is -0.447 e. The van der Waals surface area contributed by atoms with Gasteiger partial charge in [0.15, 0.2) is 5.69 Å². The summed E-state index contributed by atoms with van der Waals surface area (Å²) < 4.78 is 5.63. The Balaban J connectivity index is 1.21. The Kier molecular flexibility index (Phi) is 8.15. The first-order valence-corrected chi connectivity index (χ1v) is 11.9. The van der Waals surface area contributed by atoms with Gasteiger partial charge in [-0.25, -0.2) is 4.98 Å². The Labute approximate surface area is 196 Å². The van der Waals surface area contributed by atoms with Gasteiger partial charge >= 0.3 is 0 Å². The van der Waals surface area contributed by atoms with Gasteiger partial charge in [0, 0.05) is 64.6 Å². The zero-order valence-electron chi connectivity index (χ0n) is 19.3. The first-order valence-electron chi connectivity index (χ1n) is 11.9. The van der Waals surface area contributed by atoms with E-state index in [1.54, 1.807) is 0 Å². The fourth-order valence-electron chi connectivity index (χ4n) is 4.47. The highest BCUT2D eigenvalue weighted by atomic mass is 16.3. The van der Waals surface area contributed by atoms with E-state index < -0.39 is 0 Å². The molecule has 0 saturated carbocycles. The number of aliphatic hydroxyl groups excluding tert-OH is 1. The summed E-state index contributed by atoms with van der Waals surface area (Å²) in [6.07, 6.45) is 4.64. The second-order valence-electron chi connectivity index (χ2n) is 8.84. The number of nitrogens with zero attached hydrogens (tertiary/aromatic N) is 5. The molecule has 1 N–H and O–H groups in total. The van der Waals surface area contributed by atoms with E-state index in [0.29, 0.717) is 37.8 Å². The van der Waals surface area contributed by atoms with E-state index in [-0.39, 0.29) is 12.0 Å². The highest BCUT2D eigenvalue weighted by molar-refractivity contribution is 5.92. The molecule has 1 atom stereocenters. The average Bonchev–Trinajstić information content (AvgIpc) is 3.32. The molecule has 33 heavy (non-hydrogen) atoms. The van der Waals surface area contributed by atoms with Gasteiger partial charge in [-0.15, -0.1) is 6.58 Å². The Bertz CT molecular complexity index is 886. The molecule has 0 aliphatic carbocycles. The number of benzene rings is 1. The molecule has 4 rings (SSSR count). The van der Waals surface area contributed by atoms with E-state index in [1.165, 1.54) is 12.0 Å². The maximum Gasteiger partial charge on any atom is 0.275 e. The van der Waals surface area contributed by atoms with Crippen molar-refractivity contribution in [2.24, 2.45) is 0 Å². The molecular weight excluding hydrogens is 418 g/mol. The largest absolute Gasteiger partial charge is 0.447 e. The molecule has 1 aromatic heterocycles. The van der Waals surface area contributed by atoms with Crippen LogP contribution in [0, 0.1) is 0 Å². The van der Waals surface area contributed by atoms with Crippen molar-refractivity contribution in [3.8, 4) is 0 Å². The van der Waals surface area contributed by atoms with Crippen molar-refractivity contribution in [1.82, 2.24) is 19.7 Å². The molecule has 8 heteroatoms. The van der Waals surface area contributed by atoms with E-state index in [9.17, 15) is 9.90 Å². The Morgan fingerprint density at radius 3 is 2.45 bits per heavy atom. The number of amides is 1. The fourth-order valence-corrected chi connectivity index (χ4v) is 4.47. The maximum absolute atomic E-state index is 12.9. The second kappa shape index (κ2) is 11.4. The topological polar surface area (TPSA) is 76.3 Å². The van der Waals surface area contributed by atoms with Crippen molar-refractivity contribution < 1.29 is 14.3 Å². The standard InChI is InChI=1S/C25H35N5O3/c1-2-3-9-22(31)18-27-10-12-28(13-11-27)19-24-26-23(20-33-24)25(32)30-16-14-29(15-17-30)21-7-5-4-6-8-21/h2,4-8,20,22,31H,1,3,9-19H2/t22-/m1/s1. The van der Waals surface area contributed by atoms with Crippen molar-refractivity contribution in [3.63, 3.8) is 0 Å². The summed E-state index contributed by atoms with van der Waals surface area (Å²) in [6, 6.07) is 10.3. The number of oxazole rings is 1. The molecule has 178 valence electrons. The van der Waals surface area contributed by atoms with Crippen LogP contribution in [0.15, 0.2) is 53.7 Å². The van der Waals surface area contributed by atoms with Crippen LogP contribution in [-0.4, -0.2) is 95.7 Å². The van der Waals surface area contributed by atoms with Crippen molar-refractivity contribution in [1.29, 1.82) is 0 Å². The summed E-state index contributed by atoms with van der Waals surface area (Å²) in [7, 11) is 0. The van der Waals surface area contributed by atoms with Gasteiger partial charge in [0.1, 0.15) is 6.26 Å². The lowest BCUT2D eigenvalue weighted by atomic mass is 10.1. The molecular formula is C25H35N5O3. The molecule has 2 saturated heterocycles. The van der Waals surface area contributed by atoms with Crippen molar-refractivity contribution in [2.75, 3.05) is 63.8 Å². The number of hydrogen-bond acceptors (Lipinski definition) is 7. The van der Waals surface area contributed by atoms with Crippen LogP contribution in [0.25, 0.3) is 0 Å². The zero-order valence-corrected chi connectivity index (χ0v) is 19.3. The number of rotatable bonds is 9. The van der Waals surface area contributed by atoms with Crippen LogP contribution in [-0.2, 0) is 6.54 Å². The Morgan fingerprint density at radius 2 is 1.76 bits per heavy atom. The summed E-state index contributed by atoms with van der Waals surface area (Å²) in [5.74, 6) is 0.525. The number of para-hydroxylation sites is 1. The van der Waals surface area contributed by atoms with Crippen LogP contribution in [0.2, 0.25) is 0 Å². The Hall–Kier alpha value is -2.68. The third-order valence-corrected chi connectivity index (χ3v) is 6.46. The highest BCUT2D eigenvalue weighted by Gasteiger charge is 2.25. The Morgan fingerprint density at radius 1 is 1.06 bits per heavy atom. The molecule has 2 aliphatic rings. The van der Waals surface area contributed by atoms with E-state index in [2.05, 4.69) is 38.4 Å². The number of piperazine rings is 2. The predicted octanol–water partition coefficient (Wildman–Crippen LogP) is 2.08. The lowest BCUT2D eigenvalue weighted by Crippen LogP contribution is -2.49. The number of anilines is 1. The lowest BCUT2D eigenvalue weighted by molar-refractivity contribution is 0.0642. The SMILES string of the molecule is C=CCC[C@@H](O)CN1CCN(Cc2nc(C(=O)N3CCN(c4ccccc4)CC3)co2)CC1. The van der Waals surface area contributed by atoms with E-state index in [0.717, 1.165) is 52.1 Å². The minimum atomic E-state index is -0.301. The molecule has 0 spiro atoms. The van der Waals surface area contributed by atoms with E-state index >= 15 is 0 Å². The predicted molar refractivity (Wildman–Crippen MR) is 128 cm³/mol. The van der Waals surface area contributed by atoms with Crippen molar-refractivity contribution in [3.05, 3.63) is 60.8 Å². The van der Waals surface area contributed by atoms with Crippen LogP contribution in [0.1, 0.15) is 29.2 Å². The van der Waals surface area contributed by atoms with Gasteiger partial charge < -0.3 is 19.3 Å². The smallest absolute Gasteiger partial charge is 0.275 e. The number of β-amino-alcohol motifs (C(OH)–C–C–N with tert-alkyl or cyclic N) is 1. The molecule has 8 nitrogen and oxygen atoms in total. The monoisotopic (exact) mass is 453 g/mol. The normalized spacial score (nSPS) is 18.9. The molecule has 0 unspecified atom stereocenters. The van der Waals surface area contributed by atoms with Crippen LogP contribution in [0.5, 0.6) is 0 Å². The summed E-state index contributed by atoms with van der Waals surface area (Å²) in [5, 5.41) is 10.1. The molecule has 1 aromatic carbocycles. The quantitative estimate of drug-likeness (QED) is 0.583. The summed E-state index contributed by atoms with van der Waals surface area (Å²) in [5.41, 5.74) is 1.59. The number of aromatic nitrogens is 1. The van der Waals surface area contributed by atoms with E-state index in [1.807, 2.05) is 29.2 Å². The third-order valence-electron chi connectivity index (χ3n) is 6.46. The zero-order chi connectivity index (χ0) is 23.0. The minimum absolute atomic E-state index is 0.0592. The van der Waals surface area contributed by atoms with E-state index in [4.69, 9.17) is 4.42 Å². The molecule has 2 aromatic rings. The summed E-state index contributed by atoms with van der Waals surface area (Å²) in [4.78, 5) is 26.1. The van der Waals surface area contributed by atoms with Crippen molar-refractivity contribution in [2.45, 2.75) is 25.5 Å². The van der Waals surface area contributed by atoms with Gasteiger partial charge in [0.05, 0.1) is 12.6 Å². The molecule has 3 heterocycles. The molecule has 1 amide bonds. The van der Waals surface area contributed by atoms with Crippen LogP contribution in [0.4, 0.5) is 5.69 Å². The van der Waals surface area contributed by atoms with Crippen LogP contribution >= 0.6 is 0 Å². The van der Waals surface area contributed by atoms with Gasteiger partial charge in [0.25, 0.3) is 5.91 Å². The van der Waals surface area contributed by atoms with Crippen LogP contribution in [0.3, 0.4) is 0 Å². The summed E-state index contributed by atoms with van der Waals surface area (Å²) in [6.45, 7) is 11.6. The van der Waals surface area contributed by atoms with Gasteiger partial charge in [-0.2, -0.15) is 0 Å². The first-order chi connectivity index (χ1) is 16.1. The van der Waals surface area contributed by atoms with Crippen molar-refractivity contribution >= 4 is 11.6 Å². The molecule has 0 radical (unpaired) electrons. The number of aliphatic hydroxyl groups is 1. The van der Waals surface area contributed by atoms with Crippen LogP contribution < -0.4 is 4.90 Å². The number of allylic oxidation sites excluding steroid dienone is 1. The number of carbonyl (C=O) groups is 1. The van der Waals surface area contributed by atoms with Gasteiger partial charge in [0.2, 0.25) is 5.89 Å². The number of carbonyl (C=O) groups excluding carboxylic acids is 1. The number of hydrogen-bond donors (Lipinski definition) is 1. The molecule has 2 fully saturated rings. The first kappa shape index (κ1) is 23.5. The second-order valence-corrected chi connectivity index (χ2v) is 8.84. The van der Waals surface area contributed by atoms with Gasteiger partial charge in [-0.1, -0.05) is 24.3 Å². The fraction of sp³-hybridized carbons (Fsp3) is 0.520. The highest BCUT2D eigenvalue weighted by Crippen LogP contribution is 2.17.